The Morgan fingerprint density at radius 2 is 1.89 bits per heavy atom. The number of nitrogens with one attached hydrogen (secondary N) is 2. The predicted octanol–water partition coefficient (Wildman–Crippen LogP) is 4.62. The fourth-order valence-corrected chi connectivity index (χ4v) is 7.19. The van der Waals surface area contributed by atoms with Gasteiger partial charge in [0, 0.05) is 37.2 Å². The van der Waals surface area contributed by atoms with E-state index in [2.05, 4.69) is 17.6 Å². The summed E-state index contributed by atoms with van der Waals surface area (Å²) in [5.41, 5.74) is 3.15. The molecular weight excluding hydrogens is 460 g/mol. The van der Waals surface area contributed by atoms with Crippen LogP contribution in [0.15, 0.2) is 22.5 Å². The summed E-state index contributed by atoms with van der Waals surface area (Å²) in [6, 6.07) is 4.02. The molecule has 1 saturated heterocycles. The van der Waals surface area contributed by atoms with Crippen LogP contribution < -0.4 is 10.6 Å². The zero-order chi connectivity index (χ0) is 25.2. The van der Waals surface area contributed by atoms with Crippen LogP contribution in [-0.4, -0.2) is 50.1 Å². The minimum absolute atomic E-state index is 0.0476. The van der Waals surface area contributed by atoms with E-state index in [1.165, 1.54) is 35.4 Å². The first kappa shape index (κ1) is 25.9. The Morgan fingerprint density at radius 3 is 2.51 bits per heavy atom. The fourth-order valence-electron chi connectivity index (χ4n) is 6.02. The molecular formula is C27H40N4O3S. The quantitative estimate of drug-likeness (QED) is 0.572. The van der Waals surface area contributed by atoms with Gasteiger partial charge >= 0.3 is 0 Å². The van der Waals surface area contributed by atoms with Crippen LogP contribution in [0, 0.1) is 25.7 Å². The molecule has 1 aromatic rings. The number of hydrogen-bond acceptors (Lipinski definition) is 5. The van der Waals surface area contributed by atoms with Gasteiger partial charge in [0.25, 0.3) is 5.91 Å². The van der Waals surface area contributed by atoms with Gasteiger partial charge in [-0.2, -0.15) is 4.31 Å². The molecule has 1 aromatic carbocycles. The molecule has 2 aliphatic heterocycles. The lowest BCUT2D eigenvalue weighted by atomic mass is 9.79. The van der Waals surface area contributed by atoms with Gasteiger partial charge in [0.2, 0.25) is 10.0 Å². The molecule has 1 spiro atoms. The third kappa shape index (κ3) is 5.48. The minimum Gasteiger partial charge on any atom is -0.388 e. The monoisotopic (exact) mass is 500 g/mol. The highest BCUT2D eigenvalue weighted by atomic mass is 32.2. The molecule has 2 N–H and O–H groups in total. The molecule has 0 unspecified atom stereocenters. The van der Waals surface area contributed by atoms with E-state index in [1.54, 1.807) is 6.08 Å². The molecule has 0 bridgehead atoms. The molecule has 2 fully saturated rings. The largest absolute Gasteiger partial charge is 0.388 e. The number of hydrogen-bond donors (Lipinski definition) is 2. The van der Waals surface area contributed by atoms with Crippen molar-refractivity contribution < 1.29 is 13.2 Å². The number of carbonyl (C=O) groups is 1. The van der Waals surface area contributed by atoms with Crippen LogP contribution in [0.4, 0.5) is 5.69 Å². The Labute approximate surface area is 210 Å². The molecule has 1 aliphatic carbocycles. The van der Waals surface area contributed by atoms with E-state index in [0.717, 1.165) is 47.0 Å². The zero-order valence-corrected chi connectivity index (χ0v) is 22.4. The first-order valence-corrected chi connectivity index (χ1v) is 14.6. The first-order valence-electron chi connectivity index (χ1n) is 13.1. The van der Waals surface area contributed by atoms with Crippen molar-refractivity contribution in [1.29, 1.82) is 0 Å². The molecule has 4 rings (SSSR count). The fraction of sp³-hybridized carbons (Fsp3) is 0.630. The summed E-state index contributed by atoms with van der Waals surface area (Å²) in [4.78, 5) is 17.9. The van der Waals surface area contributed by atoms with Crippen LogP contribution in [0.1, 0.15) is 75.0 Å². The normalized spacial score (nSPS) is 25.1. The van der Waals surface area contributed by atoms with Gasteiger partial charge in [-0.1, -0.05) is 32.6 Å². The summed E-state index contributed by atoms with van der Waals surface area (Å²) in [5.74, 6) is 1.85. The molecule has 192 valence electrons. The second kappa shape index (κ2) is 10.4. The lowest BCUT2D eigenvalue weighted by Gasteiger charge is -2.34. The second-order valence-electron chi connectivity index (χ2n) is 10.5. The van der Waals surface area contributed by atoms with Gasteiger partial charge in [0.1, 0.15) is 11.4 Å². The first-order chi connectivity index (χ1) is 16.7. The van der Waals surface area contributed by atoms with Gasteiger partial charge in [-0.15, -0.1) is 0 Å². The maximum absolute atomic E-state index is 13.1. The van der Waals surface area contributed by atoms with Crippen molar-refractivity contribution in [3.63, 3.8) is 0 Å². The lowest BCUT2D eigenvalue weighted by Crippen LogP contribution is -2.50. The molecule has 0 radical (unpaired) electrons. The van der Waals surface area contributed by atoms with Crippen molar-refractivity contribution in [2.75, 3.05) is 25.5 Å². The van der Waals surface area contributed by atoms with Crippen LogP contribution in [0.2, 0.25) is 0 Å². The summed E-state index contributed by atoms with van der Waals surface area (Å²) in [6.07, 6.45) is 9.61. The standard InChI is InChI=1S/C27H40N4O3S/c1-5-7-21-8-6-9-22(18-21)25-29-26(32)27(30-25)11-13-31(14-12-27)35(33,34)15-10-24-19(2)16-23(28-4)17-20(24)3/h10,15-17,21-22,28H,5-9,11-14,18H2,1-4H3,(H,29,30,32)/t21-,22+/m1/s1. The highest BCUT2D eigenvalue weighted by Gasteiger charge is 2.48. The third-order valence-corrected chi connectivity index (χ3v) is 9.63. The van der Waals surface area contributed by atoms with E-state index >= 15 is 0 Å². The number of benzene rings is 1. The Morgan fingerprint density at radius 1 is 1.20 bits per heavy atom. The number of aryl methyl sites for hydroxylation is 2. The van der Waals surface area contributed by atoms with Crippen LogP contribution in [0.3, 0.4) is 0 Å². The van der Waals surface area contributed by atoms with Gasteiger partial charge in [-0.25, -0.2) is 8.42 Å². The summed E-state index contributed by atoms with van der Waals surface area (Å²) < 4.78 is 27.7. The van der Waals surface area contributed by atoms with E-state index in [0.29, 0.717) is 31.8 Å². The number of piperidine rings is 1. The average molecular weight is 501 g/mol. The predicted molar refractivity (Wildman–Crippen MR) is 143 cm³/mol. The van der Waals surface area contributed by atoms with Gasteiger partial charge < -0.3 is 10.6 Å². The number of sulfonamides is 1. The maximum Gasteiger partial charge on any atom is 0.253 e. The number of rotatable bonds is 7. The van der Waals surface area contributed by atoms with E-state index in [4.69, 9.17) is 4.99 Å². The molecule has 8 heteroatoms. The molecule has 1 amide bonds. The Kier molecular flexibility index (Phi) is 7.71. The molecule has 2 heterocycles. The van der Waals surface area contributed by atoms with E-state index < -0.39 is 15.6 Å². The highest BCUT2D eigenvalue weighted by Crippen LogP contribution is 2.37. The SMILES string of the molecule is CCC[C@@H]1CCC[C@H](C2=NC3(CCN(S(=O)(=O)C=Cc4c(C)cc(NC)cc4C)CC3)C(=O)N2)C1. The average Bonchev–Trinajstić information content (AvgIpc) is 3.14. The van der Waals surface area contributed by atoms with Crippen molar-refractivity contribution in [1.82, 2.24) is 9.62 Å². The Bertz CT molecular complexity index is 1090. The van der Waals surface area contributed by atoms with Crippen molar-refractivity contribution >= 4 is 33.5 Å². The number of anilines is 1. The number of amidine groups is 1. The summed E-state index contributed by atoms with van der Waals surface area (Å²) >= 11 is 0. The van der Waals surface area contributed by atoms with Gasteiger partial charge in [0.15, 0.2) is 0 Å². The molecule has 35 heavy (non-hydrogen) atoms. The third-order valence-electron chi connectivity index (χ3n) is 8.06. The Hall–Kier alpha value is -2.19. The van der Waals surface area contributed by atoms with Gasteiger partial charge in [0.05, 0.1) is 0 Å². The van der Waals surface area contributed by atoms with E-state index in [1.807, 2.05) is 33.0 Å². The minimum atomic E-state index is -3.59. The number of nitrogens with zero attached hydrogens (tertiary/aromatic N) is 2. The zero-order valence-electron chi connectivity index (χ0n) is 21.6. The van der Waals surface area contributed by atoms with Crippen LogP contribution in [-0.2, 0) is 14.8 Å². The lowest BCUT2D eigenvalue weighted by molar-refractivity contribution is -0.125. The molecule has 3 aliphatic rings. The topological polar surface area (TPSA) is 90.9 Å². The van der Waals surface area contributed by atoms with E-state index in [-0.39, 0.29) is 5.91 Å². The summed E-state index contributed by atoms with van der Waals surface area (Å²) in [5, 5.41) is 7.52. The van der Waals surface area contributed by atoms with Crippen molar-refractivity contribution in [3.05, 3.63) is 34.2 Å². The van der Waals surface area contributed by atoms with Crippen LogP contribution in [0.5, 0.6) is 0 Å². The van der Waals surface area contributed by atoms with E-state index in [9.17, 15) is 13.2 Å². The summed E-state index contributed by atoms with van der Waals surface area (Å²) in [7, 11) is -1.72. The number of aliphatic imine (C=N–C) groups is 1. The highest BCUT2D eigenvalue weighted by molar-refractivity contribution is 7.92. The number of carbonyl (C=O) groups excluding carboxylic acids is 1. The Balaban J connectivity index is 1.43. The van der Waals surface area contributed by atoms with Gasteiger partial charge in [-0.3, -0.25) is 9.79 Å². The van der Waals surface area contributed by atoms with Crippen molar-refractivity contribution in [2.45, 2.75) is 77.7 Å². The van der Waals surface area contributed by atoms with Gasteiger partial charge in [-0.05, 0) is 80.3 Å². The maximum atomic E-state index is 13.1. The molecule has 0 aromatic heterocycles. The summed E-state index contributed by atoms with van der Waals surface area (Å²) in [6.45, 7) is 6.80. The van der Waals surface area contributed by atoms with Crippen molar-refractivity contribution in [2.24, 2.45) is 16.8 Å². The molecule has 1 saturated carbocycles. The molecule has 7 nitrogen and oxygen atoms in total. The number of amides is 1. The van der Waals surface area contributed by atoms with Crippen LogP contribution >= 0.6 is 0 Å². The van der Waals surface area contributed by atoms with Crippen LogP contribution in [0.25, 0.3) is 6.08 Å². The molecule has 2 atom stereocenters. The van der Waals surface area contributed by atoms with Crippen molar-refractivity contribution in [3.8, 4) is 0 Å². The smallest absolute Gasteiger partial charge is 0.253 e. The second-order valence-corrected chi connectivity index (χ2v) is 12.3.